The van der Waals surface area contributed by atoms with E-state index in [4.69, 9.17) is 5.73 Å². The van der Waals surface area contributed by atoms with Crippen molar-refractivity contribution in [1.29, 1.82) is 0 Å². The number of fused-ring (bicyclic) bond motifs is 1. The van der Waals surface area contributed by atoms with Crippen molar-refractivity contribution in [3.63, 3.8) is 0 Å². The van der Waals surface area contributed by atoms with E-state index >= 15 is 0 Å². The first-order valence-electron chi connectivity index (χ1n) is 5.49. The van der Waals surface area contributed by atoms with Gasteiger partial charge in [0.25, 0.3) is 0 Å². The highest BCUT2D eigenvalue weighted by Gasteiger charge is 2.26. The SMILES string of the molecule is Nc1ccc2c(N3CCC(=O)NC3=O)ncn2c1. The second kappa shape index (κ2) is 3.73. The van der Waals surface area contributed by atoms with Gasteiger partial charge in [0.1, 0.15) is 6.33 Å². The number of aromatic nitrogens is 2. The first-order chi connectivity index (χ1) is 8.65. The lowest BCUT2D eigenvalue weighted by atomic mass is 10.3. The average Bonchev–Trinajstić information content (AvgIpc) is 2.72. The predicted molar refractivity (Wildman–Crippen MR) is 65.1 cm³/mol. The molecule has 0 bridgehead atoms. The van der Waals surface area contributed by atoms with E-state index in [2.05, 4.69) is 10.3 Å². The van der Waals surface area contributed by atoms with Gasteiger partial charge in [0.05, 0.1) is 5.52 Å². The molecule has 3 amide bonds. The summed E-state index contributed by atoms with van der Waals surface area (Å²) < 4.78 is 1.74. The maximum absolute atomic E-state index is 11.7. The second-order valence-corrected chi connectivity index (χ2v) is 4.08. The highest BCUT2D eigenvalue weighted by atomic mass is 16.2. The van der Waals surface area contributed by atoms with Crippen molar-refractivity contribution in [2.45, 2.75) is 6.42 Å². The molecular formula is C11H11N5O2. The van der Waals surface area contributed by atoms with Crippen LogP contribution in [0.1, 0.15) is 6.42 Å². The lowest BCUT2D eigenvalue weighted by Crippen LogP contribution is -2.49. The average molecular weight is 245 g/mol. The summed E-state index contributed by atoms with van der Waals surface area (Å²) >= 11 is 0. The molecule has 3 heterocycles. The largest absolute Gasteiger partial charge is 0.398 e. The fourth-order valence-electron chi connectivity index (χ4n) is 1.98. The van der Waals surface area contributed by atoms with Crippen molar-refractivity contribution >= 4 is 29.0 Å². The van der Waals surface area contributed by atoms with Gasteiger partial charge in [-0.05, 0) is 12.1 Å². The fraction of sp³-hybridized carbons (Fsp3) is 0.182. The molecule has 92 valence electrons. The zero-order valence-corrected chi connectivity index (χ0v) is 9.46. The molecule has 0 saturated carbocycles. The number of nitrogens with one attached hydrogen (secondary N) is 1. The molecule has 0 unspecified atom stereocenters. The minimum absolute atomic E-state index is 0.260. The molecule has 7 nitrogen and oxygen atoms in total. The molecule has 0 aliphatic carbocycles. The first-order valence-corrected chi connectivity index (χ1v) is 5.49. The van der Waals surface area contributed by atoms with Gasteiger partial charge in [-0.3, -0.25) is 15.0 Å². The molecule has 1 aliphatic rings. The van der Waals surface area contributed by atoms with Crippen molar-refractivity contribution in [3.05, 3.63) is 24.7 Å². The van der Waals surface area contributed by atoms with Crippen LogP contribution in [0, 0.1) is 0 Å². The van der Waals surface area contributed by atoms with Gasteiger partial charge in [-0.15, -0.1) is 0 Å². The van der Waals surface area contributed by atoms with Crippen LogP contribution in [0.5, 0.6) is 0 Å². The summed E-state index contributed by atoms with van der Waals surface area (Å²) in [6, 6.07) is 3.10. The third-order valence-corrected chi connectivity index (χ3v) is 2.84. The Bertz CT molecular complexity index is 648. The molecule has 7 heteroatoms. The Hall–Kier alpha value is -2.57. The molecule has 2 aromatic heterocycles. The smallest absolute Gasteiger partial charge is 0.329 e. The highest BCUT2D eigenvalue weighted by molar-refractivity contribution is 6.06. The molecule has 1 fully saturated rings. The summed E-state index contributed by atoms with van der Waals surface area (Å²) in [7, 11) is 0. The Morgan fingerprint density at radius 3 is 2.94 bits per heavy atom. The van der Waals surface area contributed by atoms with Crippen LogP contribution in [0.15, 0.2) is 24.7 Å². The van der Waals surface area contributed by atoms with Crippen molar-refractivity contribution in [3.8, 4) is 0 Å². The number of nitrogen functional groups attached to an aromatic ring is 1. The van der Waals surface area contributed by atoms with E-state index in [1.807, 2.05) is 0 Å². The molecule has 2 aromatic rings. The molecule has 18 heavy (non-hydrogen) atoms. The van der Waals surface area contributed by atoms with E-state index < -0.39 is 6.03 Å². The zero-order valence-electron chi connectivity index (χ0n) is 9.46. The van der Waals surface area contributed by atoms with E-state index in [0.29, 0.717) is 18.1 Å². The number of anilines is 2. The summed E-state index contributed by atoms with van der Waals surface area (Å²) in [5, 5.41) is 2.27. The van der Waals surface area contributed by atoms with Gasteiger partial charge >= 0.3 is 6.03 Å². The normalized spacial score (nSPS) is 16.1. The van der Waals surface area contributed by atoms with E-state index in [1.54, 1.807) is 29.1 Å². The van der Waals surface area contributed by atoms with Gasteiger partial charge in [0.15, 0.2) is 5.82 Å². The standard InChI is InChI=1S/C11H11N5O2/c12-7-1-2-8-10(13-6-15(8)5-7)16-4-3-9(17)14-11(16)18/h1-2,5-6H,3-4,12H2,(H,14,17,18). The number of nitrogens with zero attached hydrogens (tertiary/aromatic N) is 3. The lowest BCUT2D eigenvalue weighted by Gasteiger charge is -2.24. The van der Waals surface area contributed by atoms with E-state index in [0.717, 1.165) is 5.52 Å². The van der Waals surface area contributed by atoms with Gasteiger partial charge in [-0.2, -0.15) is 0 Å². The first kappa shape index (κ1) is 10.6. The number of rotatable bonds is 1. The Labute approximate surface area is 102 Å². The van der Waals surface area contributed by atoms with Gasteiger partial charge in [0.2, 0.25) is 5.91 Å². The summed E-state index contributed by atoms with van der Waals surface area (Å²) in [4.78, 5) is 28.5. The maximum Gasteiger partial charge on any atom is 0.329 e. The molecule has 0 atom stereocenters. The number of imidazole rings is 1. The van der Waals surface area contributed by atoms with Crippen LogP contribution in [0.25, 0.3) is 5.52 Å². The molecule has 3 rings (SSSR count). The van der Waals surface area contributed by atoms with Gasteiger partial charge in [0, 0.05) is 24.8 Å². The lowest BCUT2D eigenvalue weighted by molar-refractivity contribution is -0.120. The number of imide groups is 1. The molecule has 1 saturated heterocycles. The quantitative estimate of drug-likeness (QED) is 0.758. The fourth-order valence-corrected chi connectivity index (χ4v) is 1.98. The molecule has 0 radical (unpaired) electrons. The zero-order chi connectivity index (χ0) is 12.7. The number of hydrogen-bond donors (Lipinski definition) is 2. The number of nitrogens with two attached hydrogens (primary N) is 1. The molecular weight excluding hydrogens is 234 g/mol. The topological polar surface area (TPSA) is 92.7 Å². The van der Waals surface area contributed by atoms with Crippen molar-refractivity contribution < 1.29 is 9.59 Å². The summed E-state index contributed by atoms with van der Waals surface area (Å²) in [6.07, 6.45) is 3.59. The van der Waals surface area contributed by atoms with Crippen molar-refractivity contribution in [2.24, 2.45) is 0 Å². The van der Waals surface area contributed by atoms with Crippen molar-refractivity contribution in [1.82, 2.24) is 14.7 Å². The predicted octanol–water partition coefficient (Wildman–Crippen LogP) is 0.363. The van der Waals surface area contributed by atoms with Crippen LogP contribution in [0.3, 0.4) is 0 Å². The molecule has 0 aromatic carbocycles. The van der Waals surface area contributed by atoms with Gasteiger partial charge in [-0.25, -0.2) is 9.78 Å². The third-order valence-electron chi connectivity index (χ3n) is 2.84. The van der Waals surface area contributed by atoms with Crippen molar-refractivity contribution in [2.75, 3.05) is 17.2 Å². The number of urea groups is 1. The van der Waals surface area contributed by atoms with Crippen LogP contribution in [-0.4, -0.2) is 27.9 Å². The van der Waals surface area contributed by atoms with Crippen LogP contribution >= 0.6 is 0 Å². The Kier molecular flexibility index (Phi) is 2.19. The highest BCUT2D eigenvalue weighted by Crippen LogP contribution is 2.22. The Morgan fingerprint density at radius 1 is 1.33 bits per heavy atom. The molecule has 1 aliphatic heterocycles. The number of pyridine rings is 1. The Morgan fingerprint density at radius 2 is 2.17 bits per heavy atom. The minimum atomic E-state index is -0.441. The van der Waals surface area contributed by atoms with Crippen LogP contribution in [-0.2, 0) is 4.79 Å². The summed E-state index contributed by atoms with van der Waals surface area (Å²) in [6.45, 7) is 0.335. The van der Waals surface area contributed by atoms with Crippen LogP contribution < -0.4 is 16.0 Å². The summed E-state index contributed by atoms with van der Waals surface area (Å²) in [5.41, 5.74) is 7.06. The van der Waals surface area contributed by atoms with Crippen LogP contribution in [0.4, 0.5) is 16.3 Å². The van der Waals surface area contributed by atoms with E-state index in [1.165, 1.54) is 4.90 Å². The molecule has 0 spiro atoms. The monoisotopic (exact) mass is 245 g/mol. The van der Waals surface area contributed by atoms with E-state index in [9.17, 15) is 9.59 Å². The van der Waals surface area contributed by atoms with E-state index in [-0.39, 0.29) is 12.3 Å². The maximum atomic E-state index is 11.7. The number of hydrogen-bond acceptors (Lipinski definition) is 4. The number of carbonyl (C=O) groups excluding carboxylic acids is 2. The number of carbonyl (C=O) groups is 2. The Balaban J connectivity index is 2.04. The van der Waals surface area contributed by atoms with Gasteiger partial charge < -0.3 is 10.1 Å². The third kappa shape index (κ3) is 1.56. The number of amides is 3. The minimum Gasteiger partial charge on any atom is -0.398 e. The molecule has 3 N–H and O–H groups in total. The van der Waals surface area contributed by atoms with Crippen LogP contribution in [0.2, 0.25) is 0 Å². The second-order valence-electron chi connectivity index (χ2n) is 4.08. The summed E-state index contributed by atoms with van der Waals surface area (Å²) in [5.74, 6) is 0.268. The van der Waals surface area contributed by atoms with Gasteiger partial charge in [-0.1, -0.05) is 0 Å².